The number of rotatable bonds is 2. The van der Waals surface area contributed by atoms with E-state index in [-0.39, 0.29) is 35.0 Å². The third-order valence-electron chi connectivity index (χ3n) is 6.04. The molecule has 5 heteroatoms. The van der Waals surface area contributed by atoms with Crippen LogP contribution in [0.1, 0.15) is 36.3 Å². The van der Waals surface area contributed by atoms with Gasteiger partial charge in [-0.1, -0.05) is 35.9 Å². The number of hydrogen-bond acceptors (Lipinski definition) is 2. The Bertz CT molecular complexity index is 839. The molecular formula is C21H20Cl2N2O. The normalized spacial score (nSPS) is 33.2. The first-order valence-electron chi connectivity index (χ1n) is 9.08. The topological polar surface area (TPSA) is 52.9 Å². The van der Waals surface area contributed by atoms with E-state index in [0.29, 0.717) is 17.1 Å². The molecule has 1 saturated carbocycles. The second-order valence-corrected chi connectivity index (χ2v) is 8.36. The first kappa shape index (κ1) is 17.6. The lowest BCUT2D eigenvalue weighted by Gasteiger charge is -2.41. The van der Waals surface area contributed by atoms with Crippen molar-refractivity contribution in [2.45, 2.75) is 30.6 Å². The molecule has 1 aromatic carbocycles. The van der Waals surface area contributed by atoms with Crippen LogP contribution in [-0.2, 0) is 4.79 Å². The van der Waals surface area contributed by atoms with Gasteiger partial charge in [0.15, 0.2) is 0 Å². The van der Waals surface area contributed by atoms with Gasteiger partial charge in [0.2, 0.25) is 5.91 Å². The van der Waals surface area contributed by atoms with E-state index >= 15 is 0 Å². The molecule has 3 aliphatic rings. The van der Waals surface area contributed by atoms with Crippen LogP contribution in [-0.4, -0.2) is 17.8 Å². The lowest BCUT2D eigenvalue weighted by atomic mass is 9.62. The quantitative estimate of drug-likeness (QED) is 0.757. The monoisotopic (exact) mass is 386 g/mol. The van der Waals surface area contributed by atoms with Gasteiger partial charge < -0.3 is 5.32 Å². The summed E-state index contributed by atoms with van der Waals surface area (Å²) in [5.41, 5.74) is 2.91. The zero-order valence-corrected chi connectivity index (χ0v) is 15.8. The summed E-state index contributed by atoms with van der Waals surface area (Å²) in [5, 5.41) is 12.8. The molecule has 134 valence electrons. The summed E-state index contributed by atoms with van der Waals surface area (Å²) in [6.45, 7) is 0.716. The fourth-order valence-electron chi connectivity index (χ4n) is 4.83. The van der Waals surface area contributed by atoms with Gasteiger partial charge in [-0.25, -0.2) is 0 Å². The van der Waals surface area contributed by atoms with E-state index in [9.17, 15) is 4.79 Å². The van der Waals surface area contributed by atoms with Crippen molar-refractivity contribution in [1.29, 1.82) is 5.26 Å². The molecule has 2 aliphatic carbocycles. The average Bonchev–Trinajstić information content (AvgIpc) is 3.03. The summed E-state index contributed by atoms with van der Waals surface area (Å²) < 4.78 is 0. The van der Waals surface area contributed by atoms with Gasteiger partial charge in [-0.3, -0.25) is 4.79 Å². The van der Waals surface area contributed by atoms with Crippen molar-refractivity contribution in [3.8, 4) is 6.07 Å². The van der Waals surface area contributed by atoms with Gasteiger partial charge in [0.1, 0.15) is 0 Å². The number of fused-ring (bicyclic) bond motifs is 1. The number of amides is 1. The van der Waals surface area contributed by atoms with Crippen molar-refractivity contribution in [3.63, 3.8) is 0 Å². The highest BCUT2D eigenvalue weighted by molar-refractivity contribution is 6.31. The van der Waals surface area contributed by atoms with Gasteiger partial charge in [-0.2, -0.15) is 5.26 Å². The molecule has 0 aromatic heterocycles. The third kappa shape index (κ3) is 3.06. The van der Waals surface area contributed by atoms with E-state index < -0.39 is 0 Å². The Morgan fingerprint density at radius 1 is 1.23 bits per heavy atom. The standard InChI is InChI=1S/C21H20Cl2N2O/c22-14-4-2-13(3-5-14)20-16(7-8-17-18(20)11-25-21(17)26)15-6-1-12(10-24)9-19(15)23/h1-4,6,9,14,16-18,20H,5,7-8,11H2,(H,25,26). The maximum absolute atomic E-state index is 12.3. The van der Waals surface area contributed by atoms with E-state index in [1.54, 1.807) is 6.07 Å². The predicted octanol–water partition coefficient (Wildman–Crippen LogP) is 4.56. The highest BCUT2D eigenvalue weighted by Crippen LogP contribution is 2.51. The molecule has 1 N–H and O–H groups in total. The van der Waals surface area contributed by atoms with Gasteiger partial charge >= 0.3 is 0 Å². The molecule has 0 spiro atoms. The van der Waals surface area contributed by atoms with Crippen molar-refractivity contribution in [1.82, 2.24) is 5.32 Å². The molecule has 1 saturated heterocycles. The van der Waals surface area contributed by atoms with Gasteiger partial charge in [0.25, 0.3) is 0 Å². The molecule has 1 aliphatic heterocycles. The van der Waals surface area contributed by atoms with Gasteiger partial charge in [0, 0.05) is 17.5 Å². The molecule has 4 rings (SSSR count). The molecule has 1 aromatic rings. The number of nitrogens with one attached hydrogen (secondary N) is 1. The number of carbonyl (C=O) groups excluding carboxylic acids is 1. The van der Waals surface area contributed by atoms with Crippen LogP contribution in [0, 0.1) is 29.1 Å². The van der Waals surface area contributed by atoms with Crippen LogP contribution in [0.5, 0.6) is 0 Å². The zero-order chi connectivity index (χ0) is 18.3. The number of alkyl halides is 1. The molecule has 0 radical (unpaired) electrons. The van der Waals surface area contributed by atoms with Crippen LogP contribution in [0.2, 0.25) is 5.02 Å². The highest BCUT2D eigenvalue weighted by Gasteiger charge is 2.47. The summed E-state index contributed by atoms with van der Waals surface area (Å²) in [4.78, 5) is 12.3. The number of halogens is 2. The van der Waals surface area contributed by atoms with E-state index in [1.807, 2.05) is 18.2 Å². The van der Waals surface area contributed by atoms with Gasteiger partial charge in [0.05, 0.1) is 17.0 Å². The Kier molecular flexibility index (Phi) is 4.82. The van der Waals surface area contributed by atoms with Crippen LogP contribution in [0.25, 0.3) is 0 Å². The second-order valence-electron chi connectivity index (χ2n) is 7.39. The van der Waals surface area contributed by atoms with Gasteiger partial charge in [-0.05, 0) is 60.3 Å². The summed E-state index contributed by atoms with van der Waals surface area (Å²) in [6.07, 6.45) is 9.00. The zero-order valence-electron chi connectivity index (χ0n) is 14.3. The van der Waals surface area contributed by atoms with E-state index in [1.165, 1.54) is 5.57 Å². The predicted molar refractivity (Wildman–Crippen MR) is 103 cm³/mol. The molecule has 1 amide bonds. The summed E-state index contributed by atoms with van der Waals surface area (Å²) >= 11 is 12.8. The first-order chi connectivity index (χ1) is 12.6. The number of allylic oxidation sites excluding steroid dienone is 4. The number of nitrogens with zero attached hydrogens (tertiary/aromatic N) is 1. The van der Waals surface area contributed by atoms with Crippen molar-refractivity contribution in [2.75, 3.05) is 6.54 Å². The number of benzene rings is 1. The van der Waals surface area contributed by atoms with Crippen LogP contribution in [0.3, 0.4) is 0 Å². The van der Waals surface area contributed by atoms with Crippen molar-refractivity contribution in [3.05, 3.63) is 58.1 Å². The molecule has 2 fully saturated rings. The number of nitriles is 1. The lowest BCUT2D eigenvalue weighted by Crippen LogP contribution is -2.35. The number of hydrogen-bond donors (Lipinski definition) is 1. The maximum Gasteiger partial charge on any atom is 0.223 e. The van der Waals surface area contributed by atoms with Crippen LogP contribution in [0.4, 0.5) is 0 Å². The average molecular weight is 387 g/mol. The molecule has 26 heavy (non-hydrogen) atoms. The minimum absolute atomic E-state index is 0.0402. The molecule has 5 atom stereocenters. The summed E-state index contributed by atoms with van der Waals surface area (Å²) in [7, 11) is 0. The molecule has 1 heterocycles. The maximum atomic E-state index is 12.3. The smallest absolute Gasteiger partial charge is 0.223 e. The summed E-state index contributed by atoms with van der Waals surface area (Å²) in [5.74, 6) is 1.01. The Morgan fingerprint density at radius 2 is 2.04 bits per heavy atom. The van der Waals surface area contributed by atoms with Crippen LogP contribution < -0.4 is 5.32 Å². The fourth-order valence-corrected chi connectivity index (χ4v) is 5.31. The Hall–Kier alpha value is -1.76. The molecular weight excluding hydrogens is 367 g/mol. The highest BCUT2D eigenvalue weighted by atomic mass is 35.5. The van der Waals surface area contributed by atoms with Crippen molar-refractivity contribution >= 4 is 29.1 Å². The SMILES string of the molecule is N#Cc1ccc(C2CCC3C(=O)NCC3C2C2=CCC(Cl)C=C2)c(Cl)c1. The lowest BCUT2D eigenvalue weighted by molar-refractivity contribution is -0.124. The van der Waals surface area contributed by atoms with Crippen LogP contribution in [0.15, 0.2) is 42.0 Å². The first-order valence-corrected chi connectivity index (χ1v) is 9.89. The molecule has 3 nitrogen and oxygen atoms in total. The minimum atomic E-state index is 0.0402. The third-order valence-corrected chi connectivity index (χ3v) is 6.69. The van der Waals surface area contributed by atoms with E-state index in [2.05, 4.69) is 23.5 Å². The van der Waals surface area contributed by atoms with E-state index in [0.717, 1.165) is 24.8 Å². The van der Waals surface area contributed by atoms with E-state index in [4.69, 9.17) is 28.5 Å². The van der Waals surface area contributed by atoms with Gasteiger partial charge in [-0.15, -0.1) is 11.6 Å². The fraction of sp³-hybridized carbons (Fsp3) is 0.429. The second kappa shape index (κ2) is 7.10. The Balaban J connectivity index is 1.74. The Morgan fingerprint density at radius 3 is 2.73 bits per heavy atom. The van der Waals surface area contributed by atoms with Crippen molar-refractivity contribution < 1.29 is 4.79 Å². The molecule has 0 bridgehead atoms. The van der Waals surface area contributed by atoms with Crippen molar-refractivity contribution in [2.24, 2.45) is 17.8 Å². The number of carbonyl (C=O) groups is 1. The van der Waals surface area contributed by atoms with Crippen LogP contribution >= 0.6 is 23.2 Å². The largest absolute Gasteiger partial charge is 0.356 e. The Labute approximate surface area is 163 Å². The minimum Gasteiger partial charge on any atom is -0.356 e. The summed E-state index contributed by atoms with van der Waals surface area (Å²) in [6, 6.07) is 7.71. The molecule has 5 unspecified atom stereocenters.